The number of hydrogen-bond donors (Lipinski definition) is 2. The molecule has 0 amide bonds. The van der Waals surface area contributed by atoms with Crippen LogP contribution in [0.15, 0.2) is 48.5 Å². The Morgan fingerprint density at radius 2 is 1.74 bits per heavy atom. The van der Waals surface area contributed by atoms with Crippen LogP contribution in [0.4, 0.5) is 17.1 Å². The van der Waals surface area contributed by atoms with Gasteiger partial charge in [-0.3, -0.25) is 0 Å². The van der Waals surface area contributed by atoms with Crippen molar-refractivity contribution in [2.24, 2.45) is 0 Å². The highest BCUT2D eigenvalue weighted by Gasteiger charge is 2.12. The molecule has 3 N–H and O–H groups in total. The molecule has 2 aromatic carbocycles. The first-order chi connectivity index (χ1) is 9.22. The first-order valence-electron chi connectivity index (χ1n) is 6.10. The third kappa shape index (κ3) is 3.04. The van der Waals surface area contributed by atoms with Gasteiger partial charge in [-0.25, -0.2) is 4.79 Å². The second-order valence-corrected chi connectivity index (χ2v) is 3.98. The van der Waals surface area contributed by atoms with Crippen LogP contribution in [-0.2, 0) is 4.74 Å². The summed E-state index contributed by atoms with van der Waals surface area (Å²) < 4.78 is 5.03. The number of para-hydroxylation sites is 3. The second-order valence-electron chi connectivity index (χ2n) is 3.98. The van der Waals surface area contributed by atoms with E-state index in [1.165, 1.54) is 0 Å². The lowest BCUT2D eigenvalue weighted by Crippen LogP contribution is -2.08. The van der Waals surface area contributed by atoms with E-state index < -0.39 is 0 Å². The van der Waals surface area contributed by atoms with E-state index in [2.05, 4.69) is 5.32 Å². The Morgan fingerprint density at radius 3 is 2.42 bits per heavy atom. The van der Waals surface area contributed by atoms with Crippen LogP contribution in [0.1, 0.15) is 17.3 Å². The van der Waals surface area contributed by atoms with E-state index in [1.54, 1.807) is 25.1 Å². The van der Waals surface area contributed by atoms with Gasteiger partial charge < -0.3 is 15.8 Å². The fraction of sp³-hybridized carbons (Fsp3) is 0.133. The van der Waals surface area contributed by atoms with Crippen LogP contribution >= 0.6 is 0 Å². The minimum Gasteiger partial charge on any atom is -0.462 e. The van der Waals surface area contributed by atoms with Crippen molar-refractivity contribution >= 4 is 23.0 Å². The van der Waals surface area contributed by atoms with Gasteiger partial charge in [-0.15, -0.1) is 0 Å². The van der Waals surface area contributed by atoms with Crippen molar-refractivity contribution in [1.82, 2.24) is 0 Å². The topological polar surface area (TPSA) is 64.3 Å². The Bertz CT molecular complexity index is 582. The molecule has 0 aliphatic carbocycles. The van der Waals surface area contributed by atoms with Crippen molar-refractivity contribution in [2.75, 3.05) is 17.7 Å². The molecule has 0 aliphatic rings. The van der Waals surface area contributed by atoms with Gasteiger partial charge in [0, 0.05) is 0 Å². The van der Waals surface area contributed by atoms with Gasteiger partial charge in [-0.2, -0.15) is 0 Å². The lowest BCUT2D eigenvalue weighted by Gasteiger charge is -2.12. The van der Waals surface area contributed by atoms with Crippen LogP contribution in [0.3, 0.4) is 0 Å². The standard InChI is InChI=1S/C15H16N2O2/c1-2-19-15(18)11-7-3-5-9-13(11)17-14-10-6-4-8-12(14)16/h3-10,17H,2,16H2,1H3. The Hall–Kier alpha value is -2.49. The predicted octanol–water partition coefficient (Wildman–Crippen LogP) is 3.19. The Balaban J connectivity index is 2.30. The average molecular weight is 256 g/mol. The minimum absolute atomic E-state index is 0.347. The normalized spacial score (nSPS) is 9.95. The molecule has 0 fully saturated rings. The number of carbonyl (C=O) groups excluding carboxylic acids is 1. The summed E-state index contributed by atoms with van der Waals surface area (Å²) in [5.41, 5.74) is 8.44. The fourth-order valence-corrected chi connectivity index (χ4v) is 1.73. The molecule has 2 rings (SSSR count). The summed E-state index contributed by atoms with van der Waals surface area (Å²) in [5, 5.41) is 3.15. The van der Waals surface area contributed by atoms with Gasteiger partial charge in [-0.05, 0) is 31.2 Å². The second kappa shape index (κ2) is 5.91. The molecular weight excluding hydrogens is 240 g/mol. The number of hydrogen-bond acceptors (Lipinski definition) is 4. The minimum atomic E-state index is -0.347. The maximum atomic E-state index is 11.8. The van der Waals surface area contributed by atoms with E-state index in [1.807, 2.05) is 30.3 Å². The van der Waals surface area contributed by atoms with Gasteiger partial charge >= 0.3 is 5.97 Å². The Kier molecular flexibility index (Phi) is 4.03. The number of anilines is 3. The molecule has 19 heavy (non-hydrogen) atoms. The van der Waals surface area contributed by atoms with Crippen LogP contribution < -0.4 is 11.1 Å². The summed E-state index contributed by atoms with van der Waals surface area (Å²) in [6.07, 6.45) is 0. The van der Waals surface area contributed by atoms with Crippen LogP contribution in [0, 0.1) is 0 Å². The van der Waals surface area contributed by atoms with Crippen LogP contribution in [0.5, 0.6) is 0 Å². The van der Waals surface area contributed by atoms with E-state index in [9.17, 15) is 4.79 Å². The molecule has 0 aliphatic heterocycles. The molecule has 0 spiro atoms. The number of nitrogen functional groups attached to an aromatic ring is 1. The number of nitrogens with two attached hydrogens (primary N) is 1. The van der Waals surface area contributed by atoms with Crippen molar-refractivity contribution in [3.05, 3.63) is 54.1 Å². The molecule has 0 saturated heterocycles. The van der Waals surface area contributed by atoms with E-state index >= 15 is 0 Å². The number of esters is 1. The Morgan fingerprint density at radius 1 is 1.11 bits per heavy atom. The SMILES string of the molecule is CCOC(=O)c1ccccc1Nc1ccccc1N. The van der Waals surface area contributed by atoms with Gasteiger partial charge in [0.25, 0.3) is 0 Å². The highest BCUT2D eigenvalue weighted by molar-refractivity contribution is 5.97. The summed E-state index contributed by atoms with van der Waals surface area (Å²) in [6.45, 7) is 2.13. The molecule has 2 aromatic rings. The number of rotatable bonds is 4. The molecule has 0 radical (unpaired) electrons. The zero-order chi connectivity index (χ0) is 13.7. The highest BCUT2D eigenvalue weighted by atomic mass is 16.5. The quantitative estimate of drug-likeness (QED) is 0.651. The molecule has 0 heterocycles. The van der Waals surface area contributed by atoms with Gasteiger partial charge in [0.1, 0.15) is 0 Å². The van der Waals surface area contributed by atoms with Gasteiger partial charge in [-0.1, -0.05) is 24.3 Å². The van der Waals surface area contributed by atoms with Crippen LogP contribution in [0.2, 0.25) is 0 Å². The predicted molar refractivity (Wildman–Crippen MR) is 76.5 cm³/mol. The van der Waals surface area contributed by atoms with Crippen molar-refractivity contribution in [3.63, 3.8) is 0 Å². The molecule has 98 valence electrons. The monoisotopic (exact) mass is 256 g/mol. The van der Waals surface area contributed by atoms with Crippen molar-refractivity contribution < 1.29 is 9.53 Å². The largest absolute Gasteiger partial charge is 0.462 e. The van der Waals surface area contributed by atoms with Crippen LogP contribution in [0.25, 0.3) is 0 Å². The van der Waals surface area contributed by atoms with E-state index in [4.69, 9.17) is 10.5 Å². The smallest absolute Gasteiger partial charge is 0.340 e. The highest BCUT2D eigenvalue weighted by Crippen LogP contribution is 2.25. The lowest BCUT2D eigenvalue weighted by molar-refractivity contribution is 0.0527. The molecule has 0 unspecified atom stereocenters. The third-order valence-electron chi connectivity index (χ3n) is 2.65. The maximum absolute atomic E-state index is 11.8. The number of benzene rings is 2. The maximum Gasteiger partial charge on any atom is 0.340 e. The summed E-state index contributed by atoms with van der Waals surface area (Å²) in [5.74, 6) is -0.347. The number of nitrogens with one attached hydrogen (secondary N) is 1. The number of ether oxygens (including phenoxy) is 1. The molecular formula is C15H16N2O2. The zero-order valence-corrected chi connectivity index (χ0v) is 10.7. The number of carbonyl (C=O) groups is 1. The fourth-order valence-electron chi connectivity index (χ4n) is 1.73. The lowest BCUT2D eigenvalue weighted by atomic mass is 10.1. The molecule has 0 bridgehead atoms. The van der Waals surface area contributed by atoms with E-state index in [-0.39, 0.29) is 5.97 Å². The molecule has 0 aromatic heterocycles. The van der Waals surface area contributed by atoms with Gasteiger partial charge in [0.2, 0.25) is 0 Å². The summed E-state index contributed by atoms with van der Waals surface area (Å²) in [6, 6.07) is 14.6. The first kappa shape index (κ1) is 13.0. The van der Waals surface area contributed by atoms with E-state index in [0.29, 0.717) is 23.5 Å². The van der Waals surface area contributed by atoms with Gasteiger partial charge in [0.05, 0.1) is 29.2 Å². The molecule has 0 atom stereocenters. The third-order valence-corrected chi connectivity index (χ3v) is 2.65. The summed E-state index contributed by atoms with van der Waals surface area (Å²) in [4.78, 5) is 11.8. The summed E-state index contributed by atoms with van der Waals surface area (Å²) >= 11 is 0. The first-order valence-corrected chi connectivity index (χ1v) is 6.10. The summed E-state index contributed by atoms with van der Waals surface area (Å²) in [7, 11) is 0. The van der Waals surface area contributed by atoms with Gasteiger partial charge in [0.15, 0.2) is 0 Å². The molecule has 0 saturated carbocycles. The zero-order valence-electron chi connectivity index (χ0n) is 10.7. The van der Waals surface area contributed by atoms with Crippen molar-refractivity contribution in [2.45, 2.75) is 6.92 Å². The van der Waals surface area contributed by atoms with E-state index in [0.717, 1.165) is 5.69 Å². The van der Waals surface area contributed by atoms with Crippen LogP contribution in [-0.4, -0.2) is 12.6 Å². The van der Waals surface area contributed by atoms with Crippen molar-refractivity contribution in [1.29, 1.82) is 0 Å². The Labute approximate surface area is 112 Å². The van der Waals surface area contributed by atoms with Crippen molar-refractivity contribution in [3.8, 4) is 0 Å². The average Bonchev–Trinajstić information content (AvgIpc) is 2.42. The molecule has 4 nitrogen and oxygen atoms in total. The molecule has 4 heteroatoms.